The van der Waals surface area contributed by atoms with E-state index in [1.165, 1.54) is 7.11 Å². The van der Waals surface area contributed by atoms with Crippen molar-refractivity contribution in [3.63, 3.8) is 0 Å². The second-order valence-corrected chi connectivity index (χ2v) is 3.50. The van der Waals surface area contributed by atoms with Gasteiger partial charge in [0.15, 0.2) is 0 Å². The van der Waals surface area contributed by atoms with Gasteiger partial charge in [-0.3, -0.25) is 0 Å². The molecule has 0 saturated heterocycles. The summed E-state index contributed by atoms with van der Waals surface area (Å²) in [6.07, 6.45) is 0. The van der Waals surface area contributed by atoms with E-state index in [0.29, 0.717) is 5.69 Å². The molecule has 1 N–H and O–H groups in total. The maximum absolute atomic E-state index is 11.5. The highest BCUT2D eigenvalue weighted by Gasteiger charge is 2.16. The lowest BCUT2D eigenvalue weighted by molar-refractivity contribution is 0.0594. The van der Waals surface area contributed by atoms with E-state index >= 15 is 0 Å². The first kappa shape index (κ1) is 10.5. The molecule has 0 aliphatic heterocycles. The molecular weight excluding hydrogens is 206 g/mol. The second kappa shape index (κ2) is 3.89. The Morgan fingerprint density at radius 2 is 2.06 bits per heavy atom. The van der Waals surface area contributed by atoms with Gasteiger partial charge in [-0.25, -0.2) is 4.79 Å². The van der Waals surface area contributed by atoms with Crippen molar-refractivity contribution in [1.29, 1.82) is 0 Å². The molecule has 1 aromatic heterocycles. The number of aromatic amines is 1. The fourth-order valence-electron chi connectivity index (χ4n) is 1.80. The van der Waals surface area contributed by atoms with Gasteiger partial charge in [0.2, 0.25) is 0 Å². The van der Waals surface area contributed by atoms with E-state index < -0.39 is 0 Å². The van der Waals surface area contributed by atoms with Crippen LogP contribution in [0.5, 0.6) is 5.75 Å². The van der Waals surface area contributed by atoms with Gasteiger partial charge in [-0.05, 0) is 18.6 Å². The Labute approximate surface area is 93.2 Å². The van der Waals surface area contributed by atoms with Crippen molar-refractivity contribution in [1.82, 2.24) is 4.98 Å². The van der Waals surface area contributed by atoms with Gasteiger partial charge in [0.1, 0.15) is 11.4 Å². The summed E-state index contributed by atoms with van der Waals surface area (Å²) in [4.78, 5) is 14.5. The molecule has 0 radical (unpaired) electrons. The van der Waals surface area contributed by atoms with Crippen LogP contribution in [0.4, 0.5) is 0 Å². The van der Waals surface area contributed by atoms with Crippen LogP contribution >= 0.6 is 0 Å². The molecule has 0 bridgehead atoms. The lowest BCUT2D eigenvalue weighted by Gasteiger charge is -2.00. The molecule has 0 spiro atoms. The first-order chi connectivity index (χ1) is 7.69. The predicted octanol–water partition coefficient (Wildman–Crippen LogP) is 2.27. The van der Waals surface area contributed by atoms with Gasteiger partial charge in [-0.15, -0.1) is 0 Å². The zero-order chi connectivity index (χ0) is 11.7. The highest BCUT2D eigenvalue weighted by molar-refractivity contribution is 5.99. The van der Waals surface area contributed by atoms with E-state index in [4.69, 9.17) is 9.47 Å². The summed E-state index contributed by atoms with van der Waals surface area (Å²) in [5, 5.41) is 0.972. The molecule has 0 unspecified atom stereocenters. The summed E-state index contributed by atoms with van der Waals surface area (Å²) in [5.41, 5.74) is 2.17. The number of hydrogen-bond donors (Lipinski definition) is 1. The van der Waals surface area contributed by atoms with Gasteiger partial charge in [0, 0.05) is 5.39 Å². The van der Waals surface area contributed by atoms with Crippen LogP contribution in [0.25, 0.3) is 10.9 Å². The molecule has 0 saturated carbocycles. The monoisotopic (exact) mass is 219 g/mol. The first-order valence-electron chi connectivity index (χ1n) is 4.92. The Balaban J connectivity index is 2.72. The average molecular weight is 219 g/mol. The molecule has 84 valence electrons. The van der Waals surface area contributed by atoms with Crippen molar-refractivity contribution >= 4 is 16.9 Å². The summed E-state index contributed by atoms with van der Waals surface area (Å²) in [5.74, 6) is 0.353. The van der Waals surface area contributed by atoms with Crippen molar-refractivity contribution < 1.29 is 14.3 Å². The molecule has 2 rings (SSSR count). The first-order valence-corrected chi connectivity index (χ1v) is 4.92. The molecule has 4 heteroatoms. The van der Waals surface area contributed by atoms with E-state index in [2.05, 4.69) is 4.98 Å². The van der Waals surface area contributed by atoms with Gasteiger partial charge in [0.25, 0.3) is 0 Å². The third-order valence-corrected chi connectivity index (χ3v) is 2.66. The number of nitrogens with one attached hydrogen (secondary N) is 1. The predicted molar refractivity (Wildman–Crippen MR) is 60.9 cm³/mol. The normalized spacial score (nSPS) is 10.4. The molecule has 0 fully saturated rings. The number of rotatable bonds is 2. The molecule has 1 aromatic carbocycles. The van der Waals surface area contributed by atoms with Crippen LogP contribution in [0.2, 0.25) is 0 Å². The highest BCUT2D eigenvalue weighted by atomic mass is 16.5. The van der Waals surface area contributed by atoms with Crippen LogP contribution in [-0.4, -0.2) is 25.2 Å². The zero-order valence-corrected chi connectivity index (χ0v) is 9.46. The minimum Gasteiger partial charge on any atom is -0.495 e. The molecule has 0 amide bonds. The summed E-state index contributed by atoms with van der Waals surface area (Å²) in [6.45, 7) is 1.88. The number of hydrogen-bond acceptors (Lipinski definition) is 3. The van der Waals surface area contributed by atoms with Crippen LogP contribution in [0.15, 0.2) is 18.2 Å². The molecule has 2 aromatic rings. The van der Waals surface area contributed by atoms with E-state index in [0.717, 1.165) is 22.2 Å². The second-order valence-electron chi connectivity index (χ2n) is 3.50. The Kier molecular flexibility index (Phi) is 2.56. The number of carbonyl (C=O) groups is 1. The van der Waals surface area contributed by atoms with Crippen molar-refractivity contribution in [2.45, 2.75) is 6.92 Å². The number of benzene rings is 1. The number of carbonyl (C=O) groups excluding carboxylic acids is 1. The standard InChI is InChI=1S/C12H13NO3/c1-7-8-5-4-6-9(15-2)11(8)13-10(7)12(14)16-3/h4-6,13H,1-3H3. The van der Waals surface area contributed by atoms with Gasteiger partial charge in [-0.1, -0.05) is 12.1 Å². The highest BCUT2D eigenvalue weighted by Crippen LogP contribution is 2.29. The summed E-state index contributed by atoms with van der Waals surface area (Å²) < 4.78 is 9.93. The average Bonchev–Trinajstić information content (AvgIpc) is 2.66. The molecular formula is C12H13NO3. The smallest absolute Gasteiger partial charge is 0.354 e. The number of aryl methyl sites for hydroxylation is 1. The van der Waals surface area contributed by atoms with E-state index in [9.17, 15) is 4.79 Å². The minimum atomic E-state index is -0.365. The van der Waals surface area contributed by atoms with Crippen LogP contribution in [0, 0.1) is 6.92 Å². The Hall–Kier alpha value is -1.97. The molecule has 1 heterocycles. The van der Waals surface area contributed by atoms with E-state index in [-0.39, 0.29) is 5.97 Å². The minimum absolute atomic E-state index is 0.365. The lowest BCUT2D eigenvalue weighted by atomic mass is 10.1. The molecule has 0 atom stereocenters. The Morgan fingerprint density at radius 3 is 2.69 bits per heavy atom. The summed E-state index contributed by atoms with van der Waals surface area (Å²) in [7, 11) is 2.97. The number of H-pyrrole nitrogens is 1. The third-order valence-electron chi connectivity index (χ3n) is 2.66. The van der Waals surface area contributed by atoms with E-state index in [1.807, 2.05) is 25.1 Å². The number of aromatic nitrogens is 1. The van der Waals surface area contributed by atoms with Crippen molar-refractivity contribution in [2.75, 3.05) is 14.2 Å². The largest absolute Gasteiger partial charge is 0.495 e. The van der Waals surface area contributed by atoms with Crippen LogP contribution in [0.1, 0.15) is 16.1 Å². The SMILES string of the molecule is COC(=O)c1[nH]c2c(OC)cccc2c1C. The molecule has 0 aliphatic rings. The van der Waals surface area contributed by atoms with Gasteiger partial charge < -0.3 is 14.5 Å². The summed E-state index contributed by atoms with van der Waals surface area (Å²) in [6, 6.07) is 5.68. The van der Waals surface area contributed by atoms with E-state index in [1.54, 1.807) is 7.11 Å². The Bertz CT molecular complexity index is 542. The topological polar surface area (TPSA) is 51.3 Å². The lowest BCUT2D eigenvalue weighted by Crippen LogP contribution is -2.03. The van der Waals surface area contributed by atoms with Crippen molar-refractivity contribution in [2.24, 2.45) is 0 Å². The fourth-order valence-corrected chi connectivity index (χ4v) is 1.80. The zero-order valence-electron chi connectivity index (χ0n) is 9.46. The van der Waals surface area contributed by atoms with Gasteiger partial charge in [-0.2, -0.15) is 0 Å². The third kappa shape index (κ3) is 1.43. The number of esters is 1. The maximum Gasteiger partial charge on any atom is 0.354 e. The van der Waals surface area contributed by atoms with Crippen molar-refractivity contribution in [3.8, 4) is 5.75 Å². The van der Waals surface area contributed by atoms with Crippen LogP contribution in [-0.2, 0) is 4.74 Å². The van der Waals surface area contributed by atoms with Crippen LogP contribution in [0.3, 0.4) is 0 Å². The number of ether oxygens (including phenoxy) is 2. The molecule has 0 aliphatic carbocycles. The maximum atomic E-state index is 11.5. The number of para-hydroxylation sites is 1. The quantitative estimate of drug-likeness (QED) is 0.788. The molecule has 16 heavy (non-hydrogen) atoms. The Morgan fingerprint density at radius 1 is 1.31 bits per heavy atom. The fraction of sp³-hybridized carbons (Fsp3) is 0.250. The molecule has 4 nitrogen and oxygen atoms in total. The van der Waals surface area contributed by atoms with Crippen molar-refractivity contribution in [3.05, 3.63) is 29.5 Å². The number of fused-ring (bicyclic) bond motifs is 1. The number of methoxy groups -OCH3 is 2. The van der Waals surface area contributed by atoms with Gasteiger partial charge >= 0.3 is 5.97 Å². The van der Waals surface area contributed by atoms with Gasteiger partial charge in [0.05, 0.1) is 19.7 Å². The van der Waals surface area contributed by atoms with Crippen LogP contribution < -0.4 is 4.74 Å². The summed E-state index contributed by atoms with van der Waals surface area (Å²) >= 11 is 0.